The molecule has 0 saturated carbocycles. The van der Waals surface area contributed by atoms with E-state index in [1.807, 2.05) is 29.3 Å². The minimum Gasteiger partial charge on any atom is -0.343 e. The van der Waals surface area contributed by atoms with Crippen molar-refractivity contribution in [2.45, 2.75) is 38.0 Å². The maximum atomic E-state index is 12.4. The van der Waals surface area contributed by atoms with E-state index in [0.29, 0.717) is 24.2 Å². The van der Waals surface area contributed by atoms with Crippen molar-refractivity contribution in [2.75, 3.05) is 13.1 Å². The summed E-state index contributed by atoms with van der Waals surface area (Å²) >= 11 is 0. The van der Waals surface area contributed by atoms with Crippen molar-refractivity contribution in [3.05, 3.63) is 42.4 Å². The third-order valence-electron chi connectivity index (χ3n) is 5.10. The molecule has 2 aromatic heterocycles. The molecule has 1 aliphatic carbocycles. The van der Waals surface area contributed by atoms with E-state index in [2.05, 4.69) is 26.8 Å². The second kappa shape index (κ2) is 6.14. The molecule has 1 atom stereocenters. The highest BCUT2D eigenvalue weighted by Crippen LogP contribution is 2.28. The van der Waals surface area contributed by atoms with E-state index >= 15 is 0 Å². The molecule has 0 spiro atoms. The fourth-order valence-corrected chi connectivity index (χ4v) is 3.74. The zero-order valence-electron chi connectivity index (χ0n) is 13.3. The highest BCUT2D eigenvalue weighted by atomic mass is 16.2. The predicted molar refractivity (Wildman–Crippen MR) is 88.0 cm³/mol. The van der Waals surface area contributed by atoms with Crippen LogP contribution >= 0.6 is 0 Å². The number of carbonyl (C=O) groups excluding carboxylic acids is 1. The molecule has 1 aliphatic heterocycles. The fraction of sp³-hybridized carbons (Fsp3) is 0.500. The number of piperidine rings is 1. The molecule has 1 saturated heterocycles. The summed E-state index contributed by atoms with van der Waals surface area (Å²) in [5.74, 6) is 2.20. The predicted octanol–water partition coefficient (Wildman–Crippen LogP) is 2.79. The zero-order valence-corrected chi connectivity index (χ0v) is 13.3. The van der Waals surface area contributed by atoms with Crippen LogP contribution in [-0.4, -0.2) is 38.5 Å². The Bertz CT molecular complexity index is 727. The Hall–Kier alpha value is -2.17. The van der Waals surface area contributed by atoms with Crippen LogP contribution in [0, 0.1) is 5.92 Å². The topological polar surface area (TPSA) is 50.5 Å². The van der Waals surface area contributed by atoms with E-state index in [4.69, 9.17) is 0 Å². The summed E-state index contributed by atoms with van der Waals surface area (Å²) < 4.78 is 2.07. The quantitative estimate of drug-likeness (QED) is 0.819. The lowest BCUT2D eigenvalue weighted by Gasteiger charge is -2.31. The molecular formula is C18H22N4O. The van der Waals surface area contributed by atoms with E-state index in [-0.39, 0.29) is 0 Å². The molecule has 0 N–H and O–H groups in total. The van der Waals surface area contributed by atoms with Crippen LogP contribution in [0.3, 0.4) is 0 Å². The first-order chi connectivity index (χ1) is 11.3. The van der Waals surface area contributed by atoms with Crippen LogP contribution in [0.1, 0.15) is 43.8 Å². The molecule has 3 heterocycles. The number of hydrogen-bond donors (Lipinski definition) is 0. The minimum absolute atomic E-state index is 0.311. The van der Waals surface area contributed by atoms with Crippen LogP contribution in [0.5, 0.6) is 0 Å². The van der Waals surface area contributed by atoms with Gasteiger partial charge in [0.1, 0.15) is 5.82 Å². The number of carbonyl (C=O) groups is 1. The molecule has 1 amide bonds. The first-order valence-corrected chi connectivity index (χ1v) is 8.55. The Morgan fingerprint density at radius 3 is 2.83 bits per heavy atom. The number of aromatic nitrogens is 3. The average Bonchev–Trinajstić information content (AvgIpc) is 3.24. The van der Waals surface area contributed by atoms with Crippen LogP contribution in [0.4, 0.5) is 0 Å². The number of pyridine rings is 1. The van der Waals surface area contributed by atoms with Gasteiger partial charge >= 0.3 is 0 Å². The van der Waals surface area contributed by atoms with E-state index in [1.54, 1.807) is 0 Å². The number of allylic oxidation sites excluding steroid dienone is 2. The Kier molecular flexibility index (Phi) is 3.85. The SMILES string of the molecule is O=C(CC1C=CCC1)N1CCC(c2nnc3ccccn23)CC1. The number of fused-ring (bicyclic) bond motifs is 1. The van der Waals surface area contributed by atoms with E-state index in [9.17, 15) is 4.79 Å². The summed E-state index contributed by atoms with van der Waals surface area (Å²) in [6, 6.07) is 5.96. The highest BCUT2D eigenvalue weighted by Gasteiger charge is 2.27. The lowest BCUT2D eigenvalue weighted by Crippen LogP contribution is -2.38. The van der Waals surface area contributed by atoms with E-state index in [0.717, 1.165) is 50.2 Å². The molecule has 1 fully saturated rings. The third-order valence-corrected chi connectivity index (χ3v) is 5.10. The van der Waals surface area contributed by atoms with E-state index in [1.165, 1.54) is 0 Å². The maximum absolute atomic E-state index is 12.4. The molecule has 23 heavy (non-hydrogen) atoms. The van der Waals surface area contributed by atoms with Gasteiger partial charge in [-0.1, -0.05) is 18.2 Å². The van der Waals surface area contributed by atoms with Gasteiger partial charge in [-0.2, -0.15) is 0 Å². The summed E-state index contributed by atoms with van der Waals surface area (Å²) in [6.45, 7) is 1.67. The molecule has 0 aromatic carbocycles. The molecular weight excluding hydrogens is 288 g/mol. The Morgan fingerprint density at radius 2 is 2.04 bits per heavy atom. The Labute approximate surface area is 136 Å². The molecule has 4 rings (SSSR count). The largest absolute Gasteiger partial charge is 0.343 e. The molecule has 5 heteroatoms. The lowest BCUT2D eigenvalue weighted by atomic mass is 9.95. The molecule has 5 nitrogen and oxygen atoms in total. The maximum Gasteiger partial charge on any atom is 0.223 e. The van der Waals surface area contributed by atoms with Gasteiger partial charge in [0.25, 0.3) is 0 Å². The summed E-state index contributed by atoms with van der Waals surface area (Å²) in [6.07, 6.45) is 11.3. The normalized spacial score (nSPS) is 22.1. The van der Waals surface area contributed by atoms with Crippen molar-refractivity contribution in [3.8, 4) is 0 Å². The number of amides is 1. The molecule has 2 aromatic rings. The van der Waals surface area contributed by atoms with Crippen molar-refractivity contribution in [2.24, 2.45) is 5.92 Å². The first kappa shape index (κ1) is 14.4. The zero-order chi connectivity index (χ0) is 15.6. The van der Waals surface area contributed by atoms with Crippen molar-refractivity contribution in [1.82, 2.24) is 19.5 Å². The number of likely N-dealkylation sites (tertiary alicyclic amines) is 1. The monoisotopic (exact) mass is 310 g/mol. The van der Waals surface area contributed by atoms with Gasteiger partial charge in [-0.05, 0) is 43.7 Å². The van der Waals surface area contributed by atoms with Crippen LogP contribution in [0.15, 0.2) is 36.5 Å². The summed E-state index contributed by atoms with van der Waals surface area (Å²) in [7, 11) is 0. The van der Waals surface area contributed by atoms with Gasteiger partial charge in [-0.3, -0.25) is 9.20 Å². The van der Waals surface area contributed by atoms with Crippen LogP contribution in [0.25, 0.3) is 5.65 Å². The number of nitrogens with zero attached hydrogens (tertiary/aromatic N) is 4. The second-order valence-corrected chi connectivity index (χ2v) is 6.61. The summed E-state index contributed by atoms with van der Waals surface area (Å²) in [5, 5.41) is 8.61. The van der Waals surface area contributed by atoms with Gasteiger partial charge in [0.15, 0.2) is 5.65 Å². The highest BCUT2D eigenvalue weighted by molar-refractivity contribution is 5.76. The lowest BCUT2D eigenvalue weighted by molar-refractivity contribution is -0.132. The minimum atomic E-state index is 0.311. The smallest absolute Gasteiger partial charge is 0.223 e. The van der Waals surface area contributed by atoms with Crippen LogP contribution in [0.2, 0.25) is 0 Å². The van der Waals surface area contributed by atoms with Crippen LogP contribution < -0.4 is 0 Å². The standard InChI is InChI=1S/C18H22N4O/c23-17(13-14-5-1-2-6-14)21-11-8-15(9-12-21)18-20-19-16-7-3-4-10-22(16)18/h1,3-5,7,10,14-15H,2,6,8-9,11-13H2. The van der Waals surface area contributed by atoms with Crippen molar-refractivity contribution >= 4 is 11.6 Å². The summed E-state index contributed by atoms with van der Waals surface area (Å²) in [5.41, 5.74) is 0.897. The molecule has 0 bridgehead atoms. The first-order valence-electron chi connectivity index (χ1n) is 8.55. The third kappa shape index (κ3) is 2.87. The van der Waals surface area contributed by atoms with Gasteiger partial charge in [-0.15, -0.1) is 10.2 Å². The average molecular weight is 310 g/mol. The van der Waals surface area contributed by atoms with E-state index < -0.39 is 0 Å². The van der Waals surface area contributed by atoms with Gasteiger partial charge in [0.2, 0.25) is 5.91 Å². The Balaban J connectivity index is 1.39. The van der Waals surface area contributed by atoms with Crippen LogP contribution in [-0.2, 0) is 4.79 Å². The molecule has 2 aliphatic rings. The number of rotatable bonds is 3. The Morgan fingerprint density at radius 1 is 1.17 bits per heavy atom. The number of hydrogen-bond acceptors (Lipinski definition) is 3. The second-order valence-electron chi connectivity index (χ2n) is 6.61. The molecule has 120 valence electrons. The van der Waals surface area contributed by atoms with Gasteiger partial charge in [0, 0.05) is 31.6 Å². The fourth-order valence-electron chi connectivity index (χ4n) is 3.74. The van der Waals surface area contributed by atoms with Crippen molar-refractivity contribution in [1.29, 1.82) is 0 Å². The molecule has 1 unspecified atom stereocenters. The van der Waals surface area contributed by atoms with Crippen molar-refractivity contribution in [3.63, 3.8) is 0 Å². The molecule has 0 radical (unpaired) electrons. The van der Waals surface area contributed by atoms with Gasteiger partial charge in [0.05, 0.1) is 0 Å². The summed E-state index contributed by atoms with van der Waals surface area (Å²) in [4.78, 5) is 14.5. The van der Waals surface area contributed by atoms with Gasteiger partial charge in [-0.25, -0.2) is 0 Å². The van der Waals surface area contributed by atoms with Crippen molar-refractivity contribution < 1.29 is 4.79 Å². The van der Waals surface area contributed by atoms with Gasteiger partial charge < -0.3 is 4.90 Å².